The van der Waals surface area contributed by atoms with Crippen LogP contribution < -0.4 is 14.4 Å². The van der Waals surface area contributed by atoms with Crippen LogP contribution in [0.5, 0.6) is 5.75 Å². The standard InChI is InChI=1S/C31H37Cl2N3O5S/c1-4-18-34-31(38)29(20-23-11-6-5-7-12-23)35(22-26-27(32)15-9-16-28(26)33)30(37)17-10-19-36(42(3,39)40)24-13-8-14-25(21-24)41-2/h5-9,11-16,21,29H,4,10,17-20,22H2,1-3H3,(H,34,38)/t29-/m1/s1. The first-order valence-electron chi connectivity index (χ1n) is 13.7. The Labute approximate surface area is 258 Å². The molecule has 0 fully saturated rings. The third kappa shape index (κ3) is 9.37. The summed E-state index contributed by atoms with van der Waals surface area (Å²) in [5.41, 5.74) is 1.85. The molecule has 2 amide bonds. The van der Waals surface area contributed by atoms with Crippen molar-refractivity contribution in [2.75, 3.05) is 30.8 Å². The molecule has 0 heterocycles. The van der Waals surface area contributed by atoms with E-state index in [1.165, 1.54) is 16.3 Å². The molecule has 11 heteroatoms. The molecule has 0 saturated heterocycles. The Kier molecular flexibility index (Phi) is 12.5. The van der Waals surface area contributed by atoms with E-state index in [0.717, 1.165) is 18.2 Å². The minimum atomic E-state index is -3.65. The molecule has 3 aromatic rings. The Balaban J connectivity index is 1.91. The van der Waals surface area contributed by atoms with Crippen LogP contribution in [0, 0.1) is 0 Å². The number of benzene rings is 3. The number of ether oxygens (including phenoxy) is 1. The van der Waals surface area contributed by atoms with E-state index in [-0.39, 0.29) is 44.2 Å². The van der Waals surface area contributed by atoms with Crippen molar-refractivity contribution in [3.8, 4) is 5.75 Å². The molecular weight excluding hydrogens is 597 g/mol. The van der Waals surface area contributed by atoms with Crippen LogP contribution in [-0.4, -0.2) is 57.6 Å². The van der Waals surface area contributed by atoms with Crippen LogP contribution in [0.15, 0.2) is 72.8 Å². The first kappa shape index (κ1) is 33.2. The lowest BCUT2D eigenvalue weighted by Crippen LogP contribution is -2.50. The molecule has 0 radical (unpaired) electrons. The molecule has 0 bridgehead atoms. The minimum Gasteiger partial charge on any atom is -0.497 e. The van der Waals surface area contributed by atoms with Gasteiger partial charge in [0.25, 0.3) is 0 Å². The van der Waals surface area contributed by atoms with Crippen molar-refractivity contribution in [1.29, 1.82) is 0 Å². The van der Waals surface area contributed by atoms with E-state index in [1.54, 1.807) is 42.5 Å². The number of nitrogens with one attached hydrogen (secondary N) is 1. The van der Waals surface area contributed by atoms with E-state index >= 15 is 0 Å². The molecule has 3 rings (SSSR count). The highest BCUT2D eigenvalue weighted by molar-refractivity contribution is 7.92. The number of carbonyl (C=O) groups excluding carboxylic acids is 2. The highest BCUT2D eigenvalue weighted by atomic mass is 35.5. The summed E-state index contributed by atoms with van der Waals surface area (Å²) < 4.78 is 31.8. The van der Waals surface area contributed by atoms with Crippen molar-refractivity contribution < 1.29 is 22.7 Å². The summed E-state index contributed by atoms with van der Waals surface area (Å²) in [6.45, 7) is 2.49. The molecule has 42 heavy (non-hydrogen) atoms. The van der Waals surface area contributed by atoms with Crippen molar-refractivity contribution in [1.82, 2.24) is 10.2 Å². The fourth-order valence-corrected chi connectivity index (χ4v) is 6.02. The van der Waals surface area contributed by atoms with Gasteiger partial charge in [-0.25, -0.2) is 8.42 Å². The summed E-state index contributed by atoms with van der Waals surface area (Å²) in [4.78, 5) is 28.9. The molecule has 0 spiro atoms. The fraction of sp³-hybridized carbons (Fsp3) is 0.355. The first-order chi connectivity index (χ1) is 20.0. The molecule has 0 aliphatic carbocycles. The topological polar surface area (TPSA) is 96.0 Å². The van der Waals surface area contributed by atoms with Gasteiger partial charge in [0.05, 0.1) is 19.1 Å². The number of halogens is 2. The summed E-state index contributed by atoms with van der Waals surface area (Å²) >= 11 is 13.0. The van der Waals surface area contributed by atoms with Gasteiger partial charge < -0.3 is 15.0 Å². The lowest BCUT2D eigenvalue weighted by atomic mass is 10.0. The fourth-order valence-electron chi connectivity index (χ4n) is 4.54. The minimum absolute atomic E-state index is 0.00952. The zero-order chi connectivity index (χ0) is 30.7. The van der Waals surface area contributed by atoms with Crippen LogP contribution in [-0.2, 0) is 32.6 Å². The van der Waals surface area contributed by atoms with E-state index in [2.05, 4.69) is 5.32 Å². The average molecular weight is 635 g/mol. The third-order valence-corrected chi connectivity index (χ3v) is 8.61. The van der Waals surface area contributed by atoms with Gasteiger partial charge in [-0.2, -0.15) is 0 Å². The Hall–Kier alpha value is -3.27. The number of nitrogens with zero attached hydrogens (tertiary/aromatic N) is 2. The average Bonchev–Trinajstić information content (AvgIpc) is 2.97. The maximum Gasteiger partial charge on any atom is 0.243 e. The summed E-state index contributed by atoms with van der Waals surface area (Å²) in [5, 5.41) is 3.70. The number of methoxy groups -OCH3 is 1. The maximum absolute atomic E-state index is 13.9. The smallest absolute Gasteiger partial charge is 0.243 e. The van der Waals surface area contributed by atoms with Gasteiger partial charge in [-0.1, -0.05) is 72.6 Å². The lowest BCUT2D eigenvalue weighted by Gasteiger charge is -2.32. The van der Waals surface area contributed by atoms with Crippen molar-refractivity contribution in [3.63, 3.8) is 0 Å². The second kappa shape index (κ2) is 15.8. The van der Waals surface area contributed by atoms with Gasteiger partial charge in [-0.3, -0.25) is 13.9 Å². The van der Waals surface area contributed by atoms with Gasteiger partial charge in [0.2, 0.25) is 21.8 Å². The third-order valence-electron chi connectivity index (χ3n) is 6.70. The second-order valence-electron chi connectivity index (χ2n) is 9.86. The summed E-state index contributed by atoms with van der Waals surface area (Å²) in [6.07, 6.45) is 2.34. The largest absolute Gasteiger partial charge is 0.497 e. The monoisotopic (exact) mass is 633 g/mol. The van der Waals surface area contributed by atoms with Crippen LogP contribution in [0.2, 0.25) is 10.0 Å². The molecule has 0 unspecified atom stereocenters. The maximum atomic E-state index is 13.9. The molecule has 0 aliphatic heterocycles. The number of rotatable bonds is 15. The van der Waals surface area contributed by atoms with E-state index in [4.69, 9.17) is 27.9 Å². The number of sulfonamides is 1. The van der Waals surface area contributed by atoms with Crippen molar-refractivity contribution in [3.05, 3.63) is 94.0 Å². The van der Waals surface area contributed by atoms with E-state index in [1.807, 2.05) is 37.3 Å². The Morgan fingerprint density at radius 3 is 2.26 bits per heavy atom. The van der Waals surface area contributed by atoms with E-state index in [9.17, 15) is 18.0 Å². The first-order valence-corrected chi connectivity index (χ1v) is 16.3. The molecule has 3 aromatic carbocycles. The molecule has 1 N–H and O–H groups in total. The van der Waals surface area contributed by atoms with E-state index < -0.39 is 16.1 Å². The second-order valence-corrected chi connectivity index (χ2v) is 12.6. The Morgan fingerprint density at radius 2 is 1.64 bits per heavy atom. The zero-order valence-electron chi connectivity index (χ0n) is 24.1. The van der Waals surface area contributed by atoms with Crippen molar-refractivity contribution in [2.45, 2.75) is 45.2 Å². The Bertz CT molecular complexity index is 1430. The summed E-state index contributed by atoms with van der Waals surface area (Å²) in [5.74, 6) is -0.0918. The molecule has 8 nitrogen and oxygen atoms in total. The quantitative estimate of drug-likeness (QED) is 0.231. The van der Waals surface area contributed by atoms with Gasteiger partial charge in [-0.15, -0.1) is 0 Å². The van der Waals surface area contributed by atoms with E-state index in [0.29, 0.717) is 33.6 Å². The predicted octanol–water partition coefficient (Wildman–Crippen LogP) is 5.71. The number of hydrogen-bond acceptors (Lipinski definition) is 5. The van der Waals surface area contributed by atoms with Crippen LogP contribution in [0.4, 0.5) is 5.69 Å². The van der Waals surface area contributed by atoms with Crippen LogP contribution in [0.3, 0.4) is 0 Å². The van der Waals surface area contributed by atoms with Gasteiger partial charge in [0, 0.05) is 54.2 Å². The molecule has 226 valence electrons. The molecule has 0 saturated carbocycles. The lowest BCUT2D eigenvalue weighted by molar-refractivity contribution is -0.141. The van der Waals surface area contributed by atoms with Gasteiger partial charge in [0.15, 0.2) is 0 Å². The molecule has 1 atom stereocenters. The van der Waals surface area contributed by atoms with Crippen LogP contribution >= 0.6 is 23.2 Å². The SMILES string of the molecule is CCCNC(=O)[C@@H](Cc1ccccc1)N(Cc1c(Cl)cccc1Cl)C(=O)CCCN(c1cccc(OC)c1)S(C)(=O)=O. The number of carbonyl (C=O) groups is 2. The predicted molar refractivity (Wildman–Crippen MR) is 169 cm³/mol. The van der Waals surface area contributed by atoms with Gasteiger partial charge >= 0.3 is 0 Å². The highest BCUT2D eigenvalue weighted by Crippen LogP contribution is 2.28. The molecule has 0 aliphatic rings. The van der Waals surface area contributed by atoms with Crippen LogP contribution in [0.1, 0.15) is 37.3 Å². The summed E-state index contributed by atoms with van der Waals surface area (Å²) in [6, 6.07) is 20.4. The van der Waals surface area contributed by atoms with Crippen molar-refractivity contribution in [2.24, 2.45) is 0 Å². The van der Waals surface area contributed by atoms with Gasteiger partial charge in [-0.05, 0) is 42.7 Å². The number of hydrogen-bond donors (Lipinski definition) is 1. The molecule has 0 aromatic heterocycles. The normalized spacial score (nSPS) is 11.9. The number of anilines is 1. The van der Waals surface area contributed by atoms with Crippen molar-refractivity contribution >= 4 is 50.7 Å². The van der Waals surface area contributed by atoms with Crippen LogP contribution in [0.25, 0.3) is 0 Å². The zero-order valence-corrected chi connectivity index (χ0v) is 26.4. The molecular formula is C31H37Cl2N3O5S. The highest BCUT2D eigenvalue weighted by Gasteiger charge is 2.31. The van der Waals surface area contributed by atoms with Gasteiger partial charge in [0.1, 0.15) is 11.8 Å². The summed E-state index contributed by atoms with van der Waals surface area (Å²) in [7, 11) is -2.14. The Morgan fingerprint density at radius 1 is 0.976 bits per heavy atom. The number of amides is 2.